The molecule has 2 heterocycles. The molecule has 0 spiro atoms. The molecule has 3 aromatic carbocycles. The normalized spacial score (nSPS) is 20.1. The summed E-state index contributed by atoms with van der Waals surface area (Å²) in [4.78, 5) is 16.3. The molecule has 6 rings (SSSR count). The van der Waals surface area contributed by atoms with Gasteiger partial charge in [-0.2, -0.15) is 4.39 Å². The fraction of sp³-hybridized carbons (Fsp3) is 0.382. The van der Waals surface area contributed by atoms with Gasteiger partial charge in [-0.3, -0.25) is 4.79 Å². The maximum atomic E-state index is 14.4. The Balaban J connectivity index is 1.17. The standard InChI is InChI=1S/C34H34Cl2F3N3O3/c1-19(18-45-33-28(38)12-11-27(37)32(33)39)17-44-24-9-5-20(6-10-24)25-13-22-14-40-15-29(41-22)30(25)34(43)42(23-7-8-23)16-21-3-2-4-26(35)31(21)36/h2-6,9-12,19,22-23,29,40-41H,7-8,13-18H2,1H3/t19-,22+,29+/m0/s1. The maximum Gasteiger partial charge on any atom is 0.252 e. The highest BCUT2D eigenvalue weighted by Crippen LogP contribution is 2.38. The van der Waals surface area contributed by atoms with Crippen molar-refractivity contribution in [3.63, 3.8) is 0 Å². The first-order chi connectivity index (χ1) is 21.7. The summed E-state index contributed by atoms with van der Waals surface area (Å²) in [5.41, 5.74) is 3.56. The van der Waals surface area contributed by atoms with E-state index in [0.29, 0.717) is 35.3 Å². The van der Waals surface area contributed by atoms with Crippen LogP contribution in [0.1, 0.15) is 37.3 Å². The van der Waals surface area contributed by atoms with Crippen molar-refractivity contribution in [1.82, 2.24) is 15.5 Å². The second-order valence-corrected chi connectivity index (χ2v) is 12.8. The highest BCUT2D eigenvalue weighted by Gasteiger charge is 2.41. The van der Waals surface area contributed by atoms with E-state index in [1.807, 2.05) is 41.3 Å². The van der Waals surface area contributed by atoms with E-state index in [1.165, 1.54) is 0 Å². The zero-order valence-corrected chi connectivity index (χ0v) is 26.2. The van der Waals surface area contributed by atoms with Gasteiger partial charge in [-0.05, 0) is 66.3 Å². The number of rotatable bonds is 11. The Hall–Kier alpha value is -3.24. The average molecular weight is 661 g/mol. The van der Waals surface area contributed by atoms with Crippen LogP contribution in [-0.2, 0) is 11.3 Å². The fourth-order valence-electron chi connectivity index (χ4n) is 5.91. The van der Waals surface area contributed by atoms with Crippen LogP contribution in [0, 0.1) is 23.4 Å². The number of nitrogens with one attached hydrogen (secondary N) is 2. The number of piperazine rings is 1. The van der Waals surface area contributed by atoms with E-state index in [1.54, 1.807) is 13.0 Å². The lowest BCUT2D eigenvalue weighted by Crippen LogP contribution is -2.60. The molecule has 2 aliphatic heterocycles. The van der Waals surface area contributed by atoms with Gasteiger partial charge < -0.3 is 25.0 Å². The van der Waals surface area contributed by atoms with E-state index in [9.17, 15) is 18.0 Å². The third kappa shape index (κ3) is 7.12. The molecule has 1 aliphatic carbocycles. The summed E-state index contributed by atoms with van der Waals surface area (Å²) >= 11 is 12.8. The molecule has 1 amide bonds. The van der Waals surface area contributed by atoms with Gasteiger partial charge in [-0.25, -0.2) is 8.78 Å². The van der Waals surface area contributed by atoms with Crippen LogP contribution < -0.4 is 20.1 Å². The molecule has 2 N–H and O–H groups in total. The summed E-state index contributed by atoms with van der Waals surface area (Å²) < 4.78 is 52.4. The Morgan fingerprint density at radius 2 is 1.71 bits per heavy atom. The summed E-state index contributed by atoms with van der Waals surface area (Å²) in [6, 6.07) is 14.9. The molecule has 3 aromatic rings. The second-order valence-electron chi connectivity index (χ2n) is 12.0. The Bertz CT molecular complexity index is 1600. The number of carbonyl (C=O) groups is 1. The zero-order valence-electron chi connectivity index (χ0n) is 24.7. The number of amides is 1. The first kappa shape index (κ1) is 31.7. The van der Waals surface area contributed by atoms with Crippen molar-refractivity contribution in [1.29, 1.82) is 0 Å². The van der Waals surface area contributed by atoms with Gasteiger partial charge in [0.15, 0.2) is 17.4 Å². The van der Waals surface area contributed by atoms with Crippen LogP contribution >= 0.6 is 23.2 Å². The van der Waals surface area contributed by atoms with Crippen LogP contribution in [0.2, 0.25) is 10.0 Å². The molecule has 0 unspecified atom stereocenters. The van der Waals surface area contributed by atoms with Gasteiger partial charge in [0.1, 0.15) is 5.75 Å². The average Bonchev–Trinajstić information content (AvgIpc) is 3.88. The lowest BCUT2D eigenvalue weighted by molar-refractivity contribution is -0.128. The number of hydrogen-bond acceptors (Lipinski definition) is 5. The number of ether oxygens (including phenoxy) is 2. The van der Waals surface area contributed by atoms with Crippen molar-refractivity contribution in [3.8, 4) is 11.5 Å². The zero-order chi connectivity index (χ0) is 31.7. The van der Waals surface area contributed by atoms with E-state index in [4.69, 9.17) is 32.7 Å². The molecular formula is C34H34Cl2F3N3O3. The summed E-state index contributed by atoms with van der Waals surface area (Å²) in [5.74, 6) is -3.85. The van der Waals surface area contributed by atoms with Gasteiger partial charge in [0.05, 0.1) is 29.3 Å². The Kier molecular flexibility index (Phi) is 9.61. The second kappa shape index (κ2) is 13.6. The lowest BCUT2D eigenvalue weighted by Gasteiger charge is -2.41. The van der Waals surface area contributed by atoms with E-state index in [-0.39, 0.29) is 43.2 Å². The monoisotopic (exact) mass is 659 g/mol. The lowest BCUT2D eigenvalue weighted by atomic mass is 9.83. The first-order valence-electron chi connectivity index (χ1n) is 15.1. The molecule has 0 aromatic heterocycles. The van der Waals surface area contributed by atoms with Gasteiger partial charge >= 0.3 is 0 Å². The van der Waals surface area contributed by atoms with Crippen molar-refractivity contribution in [2.24, 2.45) is 5.92 Å². The minimum absolute atomic E-state index is 0.00325. The molecule has 1 saturated heterocycles. The van der Waals surface area contributed by atoms with Crippen LogP contribution in [0.4, 0.5) is 13.2 Å². The molecule has 238 valence electrons. The molecule has 2 fully saturated rings. The van der Waals surface area contributed by atoms with Crippen LogP contribution in [-0.4, -0.2) is 55.2 Å². The van der Waals surface area contributed by atoms with E-state index >= 15 is 0 Å². The number of halogens is 5. The smallest absolute Gasteiger partial charge is 0.252 e. The predicted molar refractivity (Wildman–Crippen MR) is 168 cm³/mol. The first-order valence-corrected chi connectivity index (χ1v) is 15.9. The number of carbonyl (C=O) groups excluding carboxylic acids is 1. The quantitative estimate of drug-likeness (QED) is 0.222. The molecule has 45 heavy (non-hydrogen) atoms. The Morgan fingerprint density at radius 3 is 2.47 bits per heavy atom. The Labute approximate surface area is 270 Å². The Morgan fingerprint density at radius 1 is 0.978 bits per heavy atom. The fourth-order valence-corrected chi connectivity index (χ4v) is 6.29. The van der Waals surface area contributed by atoms with E-state index in [0.717, 1.165) is 53.8 Å². The van der Waals surface area contributed by atoms with Crippen molar-refractivity contribution >= 4 is 34.7 Å². The largest absolute Gasteiger partial charge is 0.493 e. The highest BCUT2D eigenvalue weighted by atomic mass is 35.5. The maximum absolute atomic E-state index is 14.4. The molecule has 3 aliphatic rings. The summed E-state index contributed by atoms with van der Waals surface area (Å²) in [5, 5.41) is 8.04. The molecule has 2 bridgehead atoms. The third-order valence-electron chi connectivity index (χ3n) is 8.40. The minimum atomic E-state index is -1.35. The van der Waals surface area contributed by atoms with Crippen LogP contribution in [0.3, 0.4) is 0 Å². The number of fused-ring (bicyclic) bond motifs is 2. The van der Waals surface area contributed by atoms with Crippen molar-refractivity contribution in [2.45, 2.75) is 50.9 Å². The highest BCUT2D eigenvalue weighted by molar-refractivity contribution is 6.42. The van der Waals surface area contributed by atoms with Crippen LogP contribution in [0.25, 0.3) is 5.57 Å². The molecule has 11 heteroatoms. The number of benzene rings is 3. The molecule has 0 radical (unpaired) electrons. The molecule has 3 atom stereocenters. The van der Waals surface area contributed by atoms with E-state index < -0.39 is 23.2 Å². The van der Waals surface area contributed by atoms with Crippen LogP contribution in [0.15, 0.2) is 60.2 Å². The number of hydrogen-bond donors (Lipinski definition) is 2. The van der Waals surface area contributed by atoms with Crippen molar-refractivity contribution in [2.75, 3.05) is 26.3 Å². The van der Waals surface area contributed by atoms with Crippen molar-refractivity contribution < 1.29 is 27.4 Å². The van der Waals surface area contributed by atoms with Gasteiger partial charge in [0.25, 0.3) is 5.91 Å². The topological polar surface area (TPSA) is 62.8 Å². The van der Waals surface area contributed by atoms with Gasteiger partial charge in [-0.15, -0.1) is 0 Å². The van der Waals surface area contributed by atoms with Crippen molar-refractivity contribution in [3.05, 3.63) is 98.8 Å². The van der Waals surface area contributed by atoms with Gasteiger partial charge in [0.2, 0.25) is 5.82 Å². The number of nitrogens with zero attached hydrogens (tertiary/aromatic N) is 1. The SMILES string of the molecule is C[C@@H](COc1ccc(C2=C(C(=O)N(Cc3cccc(Cl)c3Cl)C3CC3)[C@H]3CNC[C@@H](C2)N3)cc1)COc1c(F)ccc(F)c1F. The van der Waals surface area contributed by atoms with Gasteiger partial charge in [-0.1, -0.05) is 54.4 Å². The van der Waals surface area contributed by atoms with E-state index in [2.05, 4.69) is 10.6 Å². The van der Waals surface area contributed by atoms with Crippen LogP contribution in [0.5, 0.6) is 11.5 Å². The summed E-state index contributed by atoms with van der Waals surface area (Å²) in [6.07, 6.45) is 2.60. The third-order valence-corrected chi connectivity index (χ3v) is 9.26. The summed E-state index contributed by atoms with van der Waals surface area (Å²) in [7, 11) is 0. The predicted octanol–water partition coefficient (Wildman–Crippen LogP) is 6.78. The summed E-state index contributed by atoms with van der Waals surface area (Å²) in [6.45, 7) is 3.81. The molecule has 6 nitrogen and oxygen atoms in total. The molecule has 1 saturated carbocycles. The van der Waals surface area contributed by atoms with Gasteiger partial charge in [0, 0.05) is 43.2 Å². The minimum Gasteiger partial charge on any atom is -0.493 e. The molecular weight excluding hydrogens is 626 g/mol.